The van der Waals surface area contributed by atoms with Gasteiger partial charge in [0.25, 0.3) is 5.56 Å². The summed E-state index contributed by atoms with van der Waals surface area (Å²) in [5.74, 6) is -0.106. The molecule has 8 nitrogen and oxygen atoms in total. The highest BCUT2D eigenvalue weighted by molar-refractivity contribution is 7.17. The number of carbonyl (C=O) groups is 1. The van der Waals surface area contributed by atoms with Gasteiger partial charge in [0.15, 0.2) is 0 Å². The Labute approximate surface area is 188 Å². The molecule has 4 aromatic rings. The van der Waals surface area contributed by atoms with Crippen LogP contribution < -0.4 is 10.9 Å². The van der Waals surface area contributed by atoms with Crippen molar-refractivity contribution in [1.29, 1.82) is 5.26 Å². The molecule has 0 saturated heterocycles. The van der Waals surface area contributed by atoms with E-state index in [0.717, 1.165) is 17.5 Å². The van der Waals surface area contributed by atoms with Gasteiger partial charge < -0.3 is 5.32 Å². The summed E-state index contributed by atoms with van der Waals surface area (Å²) >= 11 is 1.41. The van der Waals surface area contributed by atoms with Gasteiger partial charge in [-0.2, -0.15) is 10.4 Å². The van der Waals surface area contributed by atoms with Gasteiger partial charge in [-0.25, -0.2) is 4.98 Å². The first-order valence-corrected chi connectivity index (χ1v) is 11.2. The largest absolute Gasteiger partial charge is 0.308 e. The maximum atomic E-state index is 13.5. The number of hydrogen-bond acceptors (Lipinski definition) is 6. The normalized spacial score (nSPS) is 11.9. The quantitative estimate of drug-likeness (QED) is 0.484. The van der Waals surface area contributed by atoms with Crippen LogP contribution in [-0.2, 0) is 18.3 Å². The second kappa shape index (κ2) is 8.77. The fraction of sp³-hybridized carbons (Fsp3) is 0.261. The van der Waals surface area contributed by atoms with Crippen molar-refractivity contribution in [2.75, 3.05) is 5.32 Å². The zero-order valence-electron chi connectivity index (χ0n) is 18.0. The van der Waals surface area contributed by atoms with Gasteiger partial charge in [0.2, 0.25) is 5.91 Å². The van der Waals surface area contributed by atoms with Crippen LogP contribution in [0.25, 0.3) is 21.3 Å². The minimum Gasteiger partial charge on any atom is -0.308 e. The topological polar surface area (TPSA) is 106 Å². The fourth-order valence-electron chi connectivity index (χ4n) is 3.68. The minimum absolute atomic E-state index is 0.257. The van der Waals surface area contributed by atoms with Crippen molar-refractivity contribution in [3.8, 4) is 17.2 Å². The molecule has 1 N–H and O–H groups in total. The summed E-state index contributed by atoms with van der Waals surface area (Å²) in [6, 6.07) is 9.34. The Hall–Kier alpha value is -3.77. The lowest BCUT2D eigenvalue weighted by atomic mass is 10.0. The average molecular weight is 447 g/mol. The van der Waals surface area contributed by atoms with Crippen molar-refractivity contribution in [1.82, 2.24) is 19.3 Å². The van der Waals surface area contributed by atoms with Gasteiger partial charge in [-0.3, -0.25) is 18.8 Å². The van der Waals surface area contributed by atoms with Crippen LogP contribution in [0.3, 0.4) is 0 Å². The summed E-state index contributed by atoms with van der Waals surface area (Å²) in [6.45, 7) is 3.92. The Morgan fingerprint density at radius 2 is 2.03 bits per heavy atom. The van der Waals surface area contributed by atoms with Crippen LogP contribution in [0.4, 0.5) is 5.82 Å². The highest BCUT2D eigenvalue weighted by Crippen LogP contribution is 2.31. The van der Waals surface area contributed by atoms with Gasteiger partial charge in [0.05, 0.1) is 17.9 Å². The number of benzene rings is 1. The summed E-state index contributed by atoms with van der Waals surface area (Å²) in [7, 11) is 1.64. The Balaban J connectivity index is 1.75. The molecule has 32 heavy (non-hydrogen) atoms. The first kappa shape index (κ1) is 21.5. The Bertz CT molecular complexity index is 1390. The molecule has 0 saturated carbocycles. The molecule has 1 amide bonds. The zero-order chi connectivity index (χ0) is 22.8. The van der Waals surface area contributed by atoms with E-state index >= 15 is 0 Å². The van der Waals surface area contributed by atoms with E-state index in [4.69, 9.17) is 0 Å². The molecule has 0 aliphatic heterocycles. The van der Waals surface area contributed by atoms with Crippen LogP contribution in [0.1, 0.15) is 37.4 Å². The molecule has 0 radical (unpaired) electrons. The average Bonchev–Trinajstić information content (AvgIpc) is 3.40. The minimum atomic E-state index is -0.781. The first-order valence-electron chi connectivity index (χ1n) is 10.3. The van der Waals surface area contributed by atoms with E-state index < -0.39 is 11.9 Å². The molecular weight excluding hydrogens is 424 g/mol. The van der Waals surface area contributed by atoms with E-state index in [-0.39, 0.29) is 11.1 Å². The lowest BCUT2D eigenvalue weighted by molar-refractivity contribution is -0.119. The van der Waals surface area contributed by atoms with Gasteiger partial charge in [0, 0.05) is 18.0 Å². The number of thiophene rings is 1. The highest BCUT2D eigenvalue weighted by atomic mass is 32.1. The number of nitriles is 1. The van der Waals surface area contributed by atoms with Crippen molar-refractivity contribution in [3.63, 3.8) is 0 Å². The third-order valence-electron chi connectivity index (χ3n) is 5.52. The Morgan fingerprint density at radius 3 is 2.69 bits per heavy atom. The lowest BCUT2D eigenvalue weighted by Crippen LogP contribution is -2.33. The maximum Gasteiger partial charge on any atom is 0.263 e. The molecule has 1 unspecified atom stereocenters. The third-order valence-corrected chi connectivity index (χ3v) is 6.40. The summed E-state index contributed by atoms with van der Waals surface area (Å²) in [5, 5.41) is 18.4. The first-order chi connectivity index (χ1) is 15.5. The predicted molar refractivity (Wildman–Crippen MR) is 125 cm³/mol. The predicted octanol–water partition coefficient (Wildman–Crippen LogP) is 3.88. The monoisotopic (exact) mass is 446 g/mol. The summed E-state index contributed by atoms with van der Waals surface area (Å²) in [4.78, 5) is 31.6. The number of aromatic nitrogens is 4. The van der Waals surface area contributed by atoms with Crippen LogP contribution in [0.5, 0.6) is 0 Å². The molecular formula is C23H22N6O2S. The molecule has 0 aliphatic carbocycles. The van der Waals surface area contributed by atoms with Crippen molar-refractivity contribution in [3.05, 3.63) is 63.7 Å². The molecule has 1 aromatic carbocycles. The van der Waals surface area contributed by atoms with E-state index in [0.29, 0.717) is 22.5 Å². The van der Waals surface area contributed by atoms with Crippen molar-refractivity contribution in [2.24, 2.45) is 7.05 Å². The summed E-state index contributed by atoms with van der Waals surface area (Å²) in [5.41, 5.74) is 2.97. The zero-order valence-corrected chi connectivity index (χ0v) is 18.8. The lowest BCUT2D eigenvalue weighted by Gasteiger charge is -2.18. The Morgan fingerprint density at radius 1 is 1.28 bits per heavy atom. The van der Waals surface area contributed by atoms with Crippen LogP contribution in [0.15, 0.2) is 47.0 Å². The van der Waals surface area contributed by atoms with Crippen molar-refractivity contribution in [2.45, 2.75) is 32.7 Å². The van der Waals surface area contributed by atoms with Gasteiger partial charge in [-0.15, -0.1) is 11.3 Å². The van der Waals surface area contributed by atoms with Crippen molar-refractivity contribution < 1.29 is 4.79 Å². The molecule has 9 heteroatoms. The summed E-state index contributed by atoms with van der Waals surface area (Å²) < 4.78 is 2.79. The number of fused-ring (bicyclic) bond motifs is 1. The van der Waals surface area contributed by atoms with Gasteiger partial charge in [-0.1, -0.05) is 38.1 Å². The molecule has 0 fully saturated rings. The molecule has 1 atom stereocenters. The fourth-order valence-corrected chi connectivity index (χ4v) is 4.58. The summed E-state index contributed by atoms with van der Waals surface area (Å²) in [6.07, 6.45) is 4.13. The molecule has 3 heterocycles. The second-order valence-electron chi connectivity index (χ2n) is 7.39. The number of rotatable bonds is 6. The van der Waals surface area contributed by atoms with Crippen LogP contribution >= 0.6 is 11.3 Å². The van der Waals surface area contributed by atoms with Gasteiger partial charge in [-0.05, 0) is 24.0 Å². The number of carbonyl (C=O) groups excluding carboxylic acids is 1. The molecule has 162 valence electrons. The van der Waals surface area contributed by atoms with E-state index in [1.165, 1.54) is 38.7 Å². The number of hydrogen-bond donors (Lipinski definition) is 1. The number of amides is 1. The van der Waals surface area contributed by atoms with Crippen LogP contribution in [-0.4, -0.2) is 25.2 Å². The van der Waals surface area contributed by atoms with Gasteiger partial charge >= 0.3 is 0 Å². The number of nitrogens with one attached hydrogen (secondary N) is 1. The van der Waals surface area contributed by atoms with Crippen LogP contribution in [0.2, 0.25) is 0 Å². The van der Waals surface area contributed by atoms with E-state index in [9.17, 15) is 14.9 Å². The van der Waals surface area contributed by atoms with Crippen molar-refractivity contribution >= 4 is 33.3 Å². The smallest absolute Gasteiger partial charge is 0.263 e. The van der Waals surface area contributed by atoms with Crippen LogP contribution in [0, 0.1) is 11.3 Å². The number of aryl methyl sites for hydroxylation is 2. The maximum absolute atomic E-state index is 13.5. The standard InChI is InChI=1S/C23H22N6O2S/c1-4-14-6-8-15(9-7-14)17-12-32-22-19(17)23(31)29(13-25-22)18(5-2)21(30)27-20-16(10-24)11-26-28(20)3/h6-9,11-13,18H,4-5H2,1-3H3,(H,27,30). The molecule has 3 aromatic heterocycles. The van der Waals surface area contributed by atoms with E-state index in [1.54, 1.807) is 7.05 Å². The molecule has 0 aliphatic rings. The third kappa shape index (κ3) is 3.69. The highest BCUT2D eigenvalue weighted by Gasteiger charge is 2.24. The SMILES string of the molecule is CCc1ccc(-c2csc3ncn(C(CC)C(=O)Nc4c(C#N)cnn4C)c(=O)c23)cc1. The molecule has 0 spiro atoms. The second-order valence-corrected chi connectivity index (χ2v) is 8.25. The van der Waals surface area contributed by atoms with E-state index in [2.05, 4.69) is 34.5 Å². The number of anilines is 1. The Kier molecular flexibility index (Phi) is 5.88. The van der Waals surface area contributed by atoms with E-state index in [1.807, 2.05) is 30.5 Å². The number of nitrogens with zero attached hydrogens (tertiary/aromatic N) is 5. The van der Waals surface area contributed by atoms with Gasteiger partial charge in [0.1, 0.15) is 28.3 Å². The molecule has 4 rings (SSSR count). The molecule has 0 bridgehead atoms.